The number of nitrogens with zero attached hydrogens (tertiary/aromatic N) is 3. The van der Waals surface area contributed by atoms with Crippen molar-refractivity contribution in [2.75, 3.05) is 0 Å². The van der Waals surface area contributed by atoms with E-state index in [1.54, 1.807) is 0 Å². The maximum Gasteiger partial charge on any atom is 0.167 e. The van der Waals surface area contributed by atoms with E-state index in [4.69, 9.17) is 20.7 Å². The van der Waals surface area contributed by atoms with Gasteiger partial charge < -0.3 is 4.42 Å². The van der Waals surface area contributed by atoms with Crippen molar-refractivity contribution in [1.29, 1.82) is 0 Å². The largest absolute Gasteiger partial charge is 0.455 e. The molecule has 0 spiro atoms. The first-order valence-corrected chi connectivity index (χ1v) is 23.2. The van der Waals surface area contributed by atoms with Gasteiger partial charge in [-0.2, -0.15) is 0 Å². The Morgan fingerprint density at radius 2 is 0.838 bits per heavy atom. The van der Waals surface area contributed by atoms with Crippen LogP contribution in [0.2, 0.25) is 0 Å². The van der Waals surface area contributed by atoms with Gasteiger partial charge in [0.05, 0.1) is 13.8 Å². The van der Waals surface area contributed by atoms with Crippen molar-refractivity contribution in [2.24, 2.45) is 0 Å². The van der Waals surface area contributed by atoms with Crippen LogP contribution in [0.4, 0.5) is 0 Å². The molecule has 0 aliphatic carbocycles. The SMILES string of the molecule is [2H]c1c([2H])c(-c2cc(-c3ccccc3)cc(-c3ccccc3)c2)c2c(sc3c([2H])c(-c4nc(-c5ccc(-c6ccccc6)cc5)nc(-c5cccc6c5oc5c(-c7ccccc7)cccc56)n4)c([2H])c([2H])c32)c1[2H]. The second kappa shape index (κ2) is 16.6. The van der Waals surface area contributed by atoms with E-state index in [1.165, 1.54) is 0 Å². The first kappa shape index (κ1) is 33.7. The zero-order chi connectivity index (χ0) is 50.2. The van der Waals surface area contributed by atoms with Gasteiger partial charge >= 0.3 is 0 Å². The minimum absolute atomic E-state index is 0.0192. The van der Waals surface area contributed by atoms with Crippen LogP contribution in [-0.4, -0.2) is 15.0 Å². The lowest BCUT2D eigenvalue weighted by atomic mass is 9.91. The number of thiophene rings is 1. The van der Waals surface area contributed by atoms with E-state index < -0.39 is 0 Å². The summed E-state index contributed by atoms with van der Waals surface area (Å²) < 4.78 is 65.1. The van der Waals surface area contributed by atoms with E-state index in [-0.39, 0.29) is 58.9 Å². The Morgan fingerprint density at radius 3 is 1.47 bits per heavy atom. The molecule has 0 aliphatic rings. The molecule has 3 aromatic heterocycles. The van der Waals surface area contributed by atoms with Crippen LogP contribution in [0.15, 0.2) is 241 Å². The fourth-order valence-corrected chi connectivity index (χ4v) is 10.2. The van der Waals surface area contributed by atoms with Crippen LogP contribution in [0.3, 0.4) is 0 Å². The Bertz CT molecular complexity index is 4300. The predicted molar refractivity (Wildman–Crippen MR) is 283 cm³/mol. The fourth-order valence-electron chi connectivity index (χ4n) is 9.16. The summed E-state index contributed by atoms with van der Waals surface area (Å²) in [6, 6.07) is 64.7. The van der Waals surface area contributed by atoms with Gasteiger partial charge in [-0.25, -0.2) is 15.0 Å². The lowest BCUT2D eigenvalue weighted by Crippen LogP contribution is -2.00. The van der Waals surface area contributed by atoms with Crippen LogP contribution in [0.1, 0.15) is 8.22 Å². The summed E-state index contributed by atoms with van der Waals surface area (Å²) in [5.41, 5.74) is 11.2. The maximum absolute atomic E-state index is 10.0. The van der Waals surface area contributed by atoms with Crippen LogP contribution in [0.5, 0.6) is 0 Å². The lowest BCUT2D eigenvalue weighted by molar-refractivity contribution is 0.670. The van der Waals surface area contributed by atoms with Gasteiger partial charge in [-0.1, -0.05) is 200 Å². The van der Waals surface area contributed by atoms with E-state index in [0.29, 0.717) is 54.0 Å². The molecule has 0 saturated carbocycles. The van der Waals surface area contributed by atoms with Crippen molar-refractivity contribution >= 4 is 53.4 Å². The Kier molecular flexibility index (Phi) is 8.21. The normalized spacial score (nSPS) is 12.8. The number of hydrogen-bond acceptors (Lipinski definition) is 5. The Labute approximate surface area is 405 Å². The third-order valence-electron chi connectivity index (χ3n) is 12.5. The highest BCUT2D eigenvalue weighted by Crippen LogP contribution is 2.44. The minimum atomic E-state index is -0.291. The number of aromatic nitrogens is 3. The van der Waals surface area contributed by atoms with Crippen molar-refractivity contribution < 1.29 is 12.6 Å². The number of hydrogen-bond donors (Lipinski definition) is 0. The maximum atomic E-state index is 10.0. The molecule has 0 radical (unpaired) electrons. The van der Waals surface area contributed by atoms with Gasteiger partial charge in [0.1, 0.15) is 11.2 Å². The van der Waals surface area contributed by atoms with Gasteiger partial charge in [-0.3, -0.25) is 0 Å². The summed E-state index contributed by atoms with van der Waals surface area (Å²) in [6.45, 7) is 0. The number of para-hydroxylation sites is 2. The first-order chi connectivity index (χ1) is 36.2. The quantitative estimate of drug-likeness (QED) is 0.152. The molecule has 68 heavy (non-hydrogen) atoms. The second-order valence-corrected chi connectivity index (χ2v) is 17.6. The molecule has 13 aromatic rings. The fraction of sp³-hybridized carbons (Fsp3) is 0. The Balaban J connectivity index is 1.05. The highest BCUT2D eigenvalue weighted by atomic mass is 32.1. The van der Waals surface area contributed by atoms with Gasteiger partial charge in [0.2, 0.25) is 0 Å². The van der Waals surface area contributed by atoms with Crippen LogP contribution >= 0.6 is 11.3 Å². The number of benzene rings is 10. The molecule has 0 fully saturated rings. The number of furan rings is 1. The molecule has 0 bridgehead atoms. The second-order valence-electron chi connectivity index (χ2n) is 16.6. The molecule has 4 nitrogen and oxygen atoms in total. The van der Waals surface area contributed by atoms with E-state index in [1.807, 2.05) is 182 Å². The summed E-state index contributed by atoms with van der Waals surface area (Å²) >= 11 is 1.12. The molecular weight excluding hydrogens is 847 g/mol. The number of rotatable bonds is 8. The van der Waals surface area contributed by atoms with E-state index >= 15 is 0 Å². The van der Waals surface area contributed by atoms with Gasteiger partial charge in [0, 0.05) is 47.6 Å². The summed E-state index contributed by atoms with van der Waals surface area (Å²) in [4.78, 5) is 15.2. The molecule has 318 valence electrons. The molecule has 13 rings (SSSR count). The standard InChI is InChI=1S/C63H39N3OS/c1-5-16-40(17-6-1)43-30-32-45(33-31-43)61-64-62(66-63(65-61)55-28-14-27-53-52-26-13-25-51(59(52)67-60(53)55)44-22-11-4-12-23-44)46-34-35-54-57(39-46)68-56-29-15-24-50(58(54)56)49-37-47(41-18-7-2-8-19-41)36-48(38-49)42-20-9-3-10-21-42/h1-39H/i15D,24D,29D,34D,35D,39D. The van der Waals surface area contributed by atoms with Crippen LogP contribution in [-0.2, 0) is 0 Å². The third-order valence-corrected chi connectivity index (χ3v) is 13.5. The molecule has 0 aliphatic heterocycles. The summed E-state index contributed by atoms with van der Waals surface area (Å²) in [6.07, 6.45) is 0. The highest BCUT2D eigenvalue weighted by molar-refractivity contribution is 7.26. The monoisotopic (exact) mass is 891 g/mol. The zero-order valence-corrected chi connectivity index (χ0v) is 37.0. The summed E-state index contributed by atoms with van der Waals surface area (Å²) in [7, 11) is 0. The molecule has 5 heteroatoms. The van der Waals surface area contributed by atoms with E-state index in [9.17, 15) is 6.85 Å². The smallest absolute Gasteiger partial charge is 0.167 e. The molecule has 0 N–H and O–H groups in total. The Morgan fingerprint density at radius 1 is 0.338 bits per heavy atom. The van der Waals surface area contributed by atoms with Crippen molar-refractivity contribution in [3.63, 3.8) is 0 Å². The average Bonchev–Trinajstić information content (AvgIpc) is 4.09. The van der Waals surface area contributed by atoms with Crippen LogP contribution in [0, 0.1) is 0 Å². The lowest BCUT2D eigenvalue weighted by Gasteiger charge is -2.12. The van der Waals surface area contributed by atoms with Gasteiger partial charge in [0.15, 0.2) is 17.5 Å². The molecule has 0 unspecified atom stereocenters. The van der Waals surface area contributed by atoms with Crippen molar-refractivity contribution in [3.8, 4) is 89.8 Å². The van der Waals surface area contributed by atoms with Crippen LogP contribution in [0.25, 0.3) is 132 Å². The molecular formula is C63H39N3OS. The molecule has 10 aromatic carbocycles. The van der Waals surface area contributed by atoms with Gasteiger partial charge in [-0.15, -0.1) is 11.3 Å². The Hall–Kier alpha value is -8.77. The third kappa shape index (κ3) is 7.05. The molecule has 0 amide bonds. The minimum Gasteiger partial charge on any atom is -0.455 e. The predicted octanol–water partition coefficient (Wildman–Crippen LogP) is 17.5. The van der Waals surface area contributed by atoms with Crippen molar-refractivity contribution in [1.82, 2.24) is 15.0 Å². The average molecular weight is 892 g/mol. The molecule has 3 heterocycles. The van der Waals surface area contributed by atoms with Gasteiger partial charge in [0.25, 0.3) is 0 Å². The summed E-state index contributed by atoms with van der Waals surface area (Å²) in [5, 5.41) is 2.44. The molecule has 0 atom stereocenters. The highest BCUT2D eigenvalue weighted by Gasteiger charge is 2.21. The van der Waals surface area contributed by atoms with E-state index in [0.717, 1.165) is 66.6 Å². The first-order valence-electron chi connectivity index (χ1n) is 25.3. The van der Waals surface area contributed by atoms with Crippen molar-refractivity contribution in [3.05, 3.63) is 236 Å². The van der Waals surface area contributed by atoms with Crippen LogP contribution < -0.4 is 0 Å². The van der Waals surface area contributed by atoms with Crippen molar-refractivity contribution in [2.45, 2.75) is 0 Å². The van der Waals surface area contributed by atoms with Gasteiger partial charge in [-0.05, 0) is 86.4 Å². The molecule has 0 saturated heterocycles. The topological polar surface area (TPSA) is 51.8 Å². The summed E-state index contributed by atoms with van der Waals surface area (Å²) in [5.74, 6) is 0.575. The zero-order valence-electron chi connectivity index (χ0n) is 42.2. The number of fused-ring (bicyclic) bond motifs is 6. The van der Waals surface area contributed by atoms with E-state index in [2.05, 4.69) is 18.2 Å².